The number of fused-ring (bicyclic) bond motifs is 1. The summed E-state index contributed by atoms with van der Waals surface area (Å²) < 4.78 is 5.59. The molecule has 4 heteroatoms. The van der Waals surface area contributed by atoms with Crippen LogP contribution in [-0.4, -0.2) is 35.8 Å². The average molecular weight is 273 g/mol. The third-order valence-corrected chi connectivity index (χ3v) is 4.18. The Balaban J connectivity index is 1.78. The van der Waals surface area contributed by atoms with Gasteiger partial charge in [-0.1, -0.05) is 18.2 Å². The molecule has 0 bridgehead atoms. The number of amides is 1. The molecule has 0 radical (unpaired) electrons. The number of carbonyl (C=O) groups is 2. The van der Waals surface area contributed by atoms with Crippen LogP contribution in [0.3, 0.4) is 0 Å². The summed E-state index contributed by atoms with van der Waals surface area (Å²) in [7, 11) is 0. The Morgan fingerprint density at radius 2 is 2.15 bits per heavy atom. The van der Waals surface area contributed by atoms with E-state index in [9.17, 15) is 9.59 Å². The molecule has 1 aromatic rings. The SMILES string of the molecule is CC(=O)CC1CCCN1C(=O)C1COc2ccccc21. The molecule has 20 heavy (non-hydrogen) atoms. The van der Waals surface area contributed by atoms with E-state index in [4.69, 9.17) is 4.74 Å². The van der Waals surface area contributed by atoms with Crippen molar-refractivity contribution in [3.05, 3.63) is 29.8 Å². The molecule has 1 aromatic carbocycles. The van der Waals surface area contributed by atoms with Crippen LogP contribution in [0.15, 0.2) is 24.3 Å². The topological polar surface area (TPSA) is 46.6 Å². The van der Waals surface area contributed by atoms with E-state index >= 15 is 0 Å². The molecular weight excluding hydrogens is 254 g/mol. The van der Waals surface area contributed by atoms with Crippen LogP contribution in [0.5, 0.6) is 5.75 Å². The van der Waals surface area contributed by atoms with Crippen molar-refractivity contribution in [2.75, 3.05) is 13.2 Å². The molecular formula is C16H19NO3. The van der Waals surface area contributed by atoms with Crippen LogP contribution in [0.1, 0.15) is 37.7 Å². The molecule has 0 saturated carbocycles. The van der Waals surface area contributed by atoms with Gasteiger partial charge in [0.15, 0.2) is 0 Å². The van der Waals surface area contributed by atoms with E-state index in [2.05, 4.69) is 0 Å². The van der Waals surface area contributed by atoms with Crippen molar-refractivity contribution in [2.45, 2.75) is 38.1 Å². The first-order chi connectivity index (χ1) is 9.66. The molecule has 1 fully saturated rings. The van der Waals surface area contributed by atoms with Gasteiger partial charge in [0.05, 0.1) is 0 Å². The van der Waals surface area contributed by atoms with Crippen LogP contribution in [-0.2, 0) is 9.59 Å². The normalized spacial score (nSPS) is 24.4. The molecule has 2 aliphatic heterocycles. The standard InChI is InChI=1S/C16H19NO3/c1-11(18)9-12-5-4-8-17(12)16(19)14-10-20-15-7-3-2-6-13(14)15/h2-3,6-7,12,14H,4-5,8-10H2,1H3. The largest absolute Gasteiger partial charge is 0.492 e. The van der Waals surface area contributed by atoms with Gasteiger partial charge in [-0.05, 0) is 25.8 Å². The fraction of sp³-hybridized carbons (Fsp3) is 0.500. The zero-order valence-electron chi connectivity index (χ0n) is 11.7. The fourth-order valence-corrected chi connectivity index (χ4v) is 3.24. The van der Waals surface area contributed by atoms with Crippen LogP contribution >= 0.6 is 0 Å². The minimum absolute atomic E-state index is 0.0766. The summed E-state index contributed by atoms with van der Waals surface area (Å²) in [5.41, 5.74) is 0.978. The number of ether oxygens (including phenoxy) is 1. The third kappa shape index (κ3) is 2.30. The lowest BCUT2D eigenvalue weighted by Crippen LogP contribution is -2.40. The van der Waals surface area contributed by atoms with Gasteiger partial charge in [-0.3, -0.25) is 9.59 Å². The van der Waals surface area contributed by atoms with E-state index in [1.807, 2.05) is 29.2 Å². The van der Waals surface area contributed by atoms with Crippen molar-refractivity contribution in [2.24, 2.45) is 0 Å². The summed E-state index contributed by atoms with van der Waals surface area (Å²) in [6, 6.07) is 7.79. The molecule has 0 spiro atoms. The molecule has 0 aliphatic carbocycles. The highest BCUT2D eigenvalue weighted by atomic mass is 16.5. The summed E-state index contributed by atoms with van der Waals surface area (Å²) >= 11 is 0. The quantitative estimate of drug-likeness (QED) is 0.847. The Hall–Kier alpha value is -1.84. The van der Waals surface area contributed by atoms with E-state index in [1.54, 1.807) is 6.92 Å². The summed E-state index contributed by atoms with van der Waals surface area (Å²) in [5, 5.41) is 0. The summed E-state index contributed by atoms with van der Waals surface area (Å²) in [5.74, 6) is 0.864. The van der Waals surface area contributed by atoms with Gasteiger partial charge < -0.3 is 9.64 Å². The van der Waals surface area contributed by atoms with Crippen molar-refractivity contribution in [3.8, 4) is 5.75 Å². The molecule has 0 N–H and O–H groups in total. The number of nitrogens with zero attached hydrogens (tertiary/aromatic N) is 1. The second-order valence-corrected chi connectivity index (χ2v) is 5.64. The predicted molar refractivity (Wildman–Crippen MR) is 74.7 cm³/mol. The van der Waals surface area contributed by atoms with Gasteiger partial charge >= 0.3 is 0 Å². The van der Waals surface area contributed by atoms with E-state index in [1.165, 1.54) is 0 Å². The van der Waals surface area contributed by atoms with E-state index in [0.29, 0.717) is 13.0 Å². The van der Waals surface area contributed by atoms with Gasteiger partial charge in [0.1, 0.15) is 24.1 Å². The molecule has 1 saturated heterocycles. The van der Waals surface area contributed by atoms with Crippen molar-refractivity contribution < 1.29 is 14.3 Å². The second kappa shape index (κ2) is 5.27. The maximum Gasteiger partial charge on any atom is 0.233 e. The van der Waals surface area contributed by atoms with Gasteiger partial charge in [0, 0.05) is 24.6 Å². The number of hydrogen-bond acceptors (Lipinski definition) is 3. The van der Waals surface area contributed by atoms with Crippen LogP contribution < -0.4 is 4.74 Å². The second-order valence-electron chi connectivity index (χ2n) is 5.64. The van der Waals surface area contributed by atoms with Crippen molar-refractivity contribution in [1.82, 2.24) is 4.90 Å². The van der Waals surface area contributed by atoms with E-state index in [-0.39, 0.29) is 23.7 Å². The minimum Gasteiger partial charge on any atom is -0.492 e. The first kappa shape index (κ1) is 13.2. The van der Waals surface area contributed by atoms with Gasteiger partial charge in [0.25, 0.3) is 0 Å². The minimum atomic E-state index is -0.209. The Labute approximate surface area is 118 Å². The van der Waals surface area contributed by atoms with Crippen LogP contribution in [0.25, 0.3) is 0 Å². The molecule has 3 rings (SSSR count). The number of likely N-dealkylation sites (tertiary alicyclic amines) is 1. The number of carbonyl (C=O) groups excluding carboxylic acids is 2. The highest BCUT2D eigenvalue weighted by Gasteiger charge is 2.37. The van der Waals surface area contributed by atoms with Gasteiger partial charge in [0.2, 0.25) is 5.91 Å². The Morgan fingerprint density at radius 1 is 1.35 bits per heavy atom. The fourth-order valence-electron chi connectivity index (χ4n) is 3.24. The number of ketones is 1. The first-order valence-electron chi connectivity index (χ1n) is 7.18. The van der Waals surface area contributed by atoms with Crippen molar-refractivity contribution in [1.29, 1.82) is 0 Å². The summed E-state index contributed by atoms with van der Waals surface area (Å²) in [4.78, 5) is 25.9. The van der Waals surface area contributed by atoms with Gasteiger partial charge in [-0.15, -0.1) is 0 Å². The van der Waals surface area contributed by atoms with Gasteiger partial charge in [-0.2, -0.15) is 0 Å². The van der Waals surface area contributed by atoms with E-state index < -0.39 is 0 Å². The Bertz CT molecular complexity index is 540. The van der Waals surface area contributed by atoms with Crippen LogP contribution in [0, 0.1) is 0 Å². The lowest BCUT2D eigenvalue weighted by atomic mass is 9.99. The molecule has 106 valence electrons. The maximum atomic E-state index is 12.7. The highest BCUT2D eigenvalue weighted by Crippen LogP contribution is 2.36. The molecule has 1 amide bonds. The molecule has 4 nitrogen and oxygen atoms in total. The lowest BCUT2D eigenvalue weighted by molar-refractivity contribution is -0.134. The Kier molecular flexibility index (Phi) is 3.47. The van der Waals surface area contributed by atoms with E-state index in [0.717, 1.165) is 30.7 Å². The summed E-state index contributed by atoms with van der Waals surface area (Å²) in [6.45, 7) is 2.77. The zero-order valence-corrected chi connectivity index (χ0v) is 11.7. The molecule has 0 aromatic heterocycles. The first-order valence-corrected chi connectivity index (χ1v) is 7.18. The predicted octanol–water partition coefficient (Wildman–Crippen LogP) is 2.13. The monoisotopic (exact) mass is 273 g/mol. The summed E-state index contributed by atoms with van der Waals surface area (Å²) in [6.07, 6.45) is 2.39. The smallest absolute Gasteiger partial charge is 0.233 e. The van der Waals surface area contributed by atoms with Crippen molar-refractivity contribution >= 4 is 11.7 Å². The molecule has 2 aliphatic rings. The number of rotatable bonds is 3. The molecule has 2 unspecified atom stereocenters. The number of benzene rings is 1. The van der Waals surface area contributed by atoms with Crippen LogP contribution in [0.2, 0.25) is 0 Å². The third-order valence-electron chi connectivity index (χ3n) is 4.18. The number of Topliss-reactive ketones (excluding diaryl/α,β-unsaturated/α-hetero) is 1. The lowest BCUT2D eigenvalue weighted by Gasteiger charge is -2.26. The molecule has 2 heterocycles. The highest BCUT2D eigenvalue weighted by molar-refractivity contribution is 5.87. The number of hydrogen-bond donors (Lipinski definition) is 0. The Morgan fingerprint density at radius 3 is 2.95 bits per heavy atom. The average Bonchev–Trinajstić information content (AvgIpc) is 3.03. The van der Waals surface area contributed by atoms with Crippen molar-refractivity contribution in [3.63, 3.8) is 0 Å². The maximum absolute atomic E-state index is 12.7. The van der Waals surface area contributed by atoms with Gasteiger partial charge in [-0.25, -0.2) is 0 Å². The molecule has 2 atom stereocenters. The zero-order chi connectivity index (χ0) is 14.1. The number of para-hydroxylation sites is 1. The van der Waals surface area contributed by atoms with Crippen LogP contribution in [0.4, 0.5) is 0 Å².